The van der Waals surface area contributed by atoms with Gasteiger partial charge in [-0.15, -0.1) is 0 Å². The van der Waals surface area contributed by atoms with Crippen LogP contribution in [0, 0.1) is 0 Å². The molecule has 1 aliphatic carbocycles. The van der Waals surface area contributed by atoms with Crippen LogP contribution in [-0.2, 0) is 0 Å². The number of amides is 1. The van der Waals surface area contributed by atoms with E-state index in [9.17, 15) is 4.79 Å². The maximum Gasteiger partial charge on any atom is 0.427 e. The molecule has 1 aromatic carbocycles. The second-order valence-corrected chi connectivity index (χ2v) is 5.22. The first kappa shape index (κ1) is 13.0. The lowest BCUT2D eigenvalue weighted by molar-refractivity contribution is 0.189. The summed E-state index contributed by atoms with van der Waals surface area (Å²) in [6.45, 7) is 0. The molecule has 1 aromatic heterocycles. The van der Waals surface area contributed by atoms with Crippen molar-refractivity contribution in [2.75, 3.05) is 0 Å². The van der Waals surface area contributed by atoms with Crippen LogP contribution in [0.4, 0.5) is 4.79 Å². The van der Waals surface area contributed by atoms with Gasteiger partial charge in [-0.05, 0) is 37.1 Å². The number of carbonyl (C=O) groups excluding carboxylic acids is 1. The molecule has 20 heavy (non-hydrogen) atoms. The molecule has 1 heterocycles. The highest BCUT2D eigenvalue weighted by Gasteiger charge is 2.14. The monoisotopic (exact) mass is 273 g/mol. The third-order valence-corrected chi connectivity index (χ3v) is 3.72. The predicted octanol–water partition coefficient (Wildman–Crippen LogP) is 3.09. The summed E-state index contributed by atoms with van der Waals surface area (Å²) in [5.41, 5.74) is 6.69. The van der Waals surface area contributed by atoms with E-state index >= 15 is 0 Å². The van der Waals surface area contributed by atoms with Crippen LogP contribution in [0.1, 0.15) is 32.1 Å². The quantitative estimate of drug-likeness (QED) is 0.753. The molecule has 0 atom stereocenters. The van der Waals surface area contributed by atoms with Gasteiger partial charge in [0.15, 0.2) is 0 Å². The number of aromatic nitrogens is 1. The SMILES string of the molecule is O=C(NNC1CCCCC1)Oc1ccc2[nH]ccc2c1. The summed E-state index contributed by atoms with van der Waals surface area (Å²) in [5, 5.41) is 1.02. The van der Waals surface area contributed by atoms with E-state index < -0.39 is 6.09 Å². The summed E-state index contributed by atoms with van der Waals surface area (Å²) in [7, 11) is 0. The number of hydrogen-bond acceptors (Lipinski definition) is 3. The van der Waals surface area contributed by atoms with Crippen LogP contribution in [0.5, 0.6) is 5.75 Å². The Bertz CT molecular complexity index is 588. The molecule has 5 heteroatoms. The first-order chi connectivity index (χ1) is 9.81. The fourth-order valence-electron chi connectivity index (χ4n) is 2.64. The molecule has 1 amide bonds. The fourth-order valence-corrected chi connectivity index (χ4v) is 2.64. The fraction of sp³-hybridized carbons (Fsp3) is 0.400. The predicted molar refractivity (Wildman–Crippen MR) is 77.5 cm³/mol. The van der Waals surface area contributed by atoms with E-state index in [1.165, 1.54) is 19.3 Å². The first-order valence-electron chi connectivity index (χ1n) is 7.12. The Kier molecular flexibility index (Phi) is 3.87. The summed E-state index contributed by atoms with van der Waals surface area (Å²) in [6, 6.07) is 7.82. The Balaban J connectivity index is 1.52. The maximum absolute atomic E-state index is 11.7. The number of ether oxygens (including phenoxy) is 1. The molecule has 1 fully saturated rings. The van der Waals surface area contributed by atoms with Crippen molar-refractivity contribution in [3.63, 3.8) is 0 Å². The van der Waals surface area contributed by atoms with Gasteiger partial charge in [-0.3, -0.25) is 5.43 Å². The zero-order valence-corrected chi connectivity index (χ0v) is 11.3. The van der Waals surface area contributed by atoms with Crippen molar-refractivity contribution in [1.82, 2.24) is 15.8 Å². The molecule has 0 unspecified atom stereocenters. The minimum Gasteiger partial charge on any atom is -0.409 e. The van der Waals surface area contributed by atoms with E-state index in [1.54, 1.807) is 6.07 Å². The Hall–Kier alpha value is -2.01. The van der Waals surface area contributed by atoms with Crippen LogP contribution < -0.4 is 15.6 Å². The number of H-pyrrole nitrogens is 1. The highest BCUT2D eigenvalue weighted by atomic mass is 16.6. The van der Waals surface area contributed by atoms with Crippen molar-refractivity contribution in [3.05, 3.63) is 30.5 Å². The van der Waals surface area contributed by atoms with Crippen molar-refractivity contribution in [3.8, 4) is 5.75 Å². The molecule has 0 bridgehead atoms. The van der Waals surface area contributed by atoms with Crippen molar-refractivity contribution in [2.24, 2.45) is 0 Å². The van der Waals surface area contributed by atoms with E-state index in [2.05, 4.69) is 15.8 Å². The summed E-state index contributed by atoms with van der Waals surface area (Å²) in [5.74, 6) is 0.542. The van der Waals surface area contributed by atoms with Gasteiger partial charge in [0.25, 0.3) is 0 Å². The minimum atomic E-state index is -0.467. The van der Waals surface area contributed by atoms with Crippen LogP contribution in [0.15, 0.2) is 30.5 Å². The molecular formula is C15H19N3O2. The highest BCUT2D eigenvalue weighted by Crippen LogP contribution is 2.20. The number of benzene rings is 1. The average molecular weight is 273 g/mol. The molecule has 0 aliphatic heterocycles. The molecule has 3 N–H and O–H groups in total. The van der Waals surface area contributed by atoms with Crippen molar-refractivity contribution >= 4 is 17.0 Å². The smallest absolute Gasteiger partial charge is 0.409 e. The molecule has 2 aromatic rings. The average Bonchev–Trinajstić information content (AvgIpc) is 2.94. The third-order valence-electron chi connectivity index (χ3n) is 3.72. The molecule has 1 aliphatic rings. The molecule has 106 valence electrons. The summed E-state index contributed by atoms with van der Waals surface area (Å²) in [6.07, 6.45) is 7.34. The lowest BCUT2D eigenvalue weighted by atomic mass is 9.96. The topological polar surface area (TPSA) is 66.2 Å². The summed E-state index contributed by atoms with van der Waals surface area (Å²) < 4.78 is 5.26. The van der Waals surface area contributed by atoms with Gasteiger partial charge in [-0.25, -0.2) is 10.2 Å². The number of rotatable bonds is 3. The van der Waals surface area contributed by atoms with Gasteiger partial charge in [0, 0.05) is 23.1 Å². The van der Waals surface area contributed by atoms with Crippen molar-refractivity contribution < 1.29 is 9.53 Å². The Morgan fingerprint density at radius 2 is 2.05 bits per heavy atom. The number of nitrogens with one attached hydrogen (secondary N) is 3. The molecule has 1 saturated carbocycles. The Morgan fingerprint density at radius 1 is 1.20 bits per heavy atom. The van der Waals surface area contributed by atoms with Crippen LogP contribution >= 0.6 is 0 Å². The van der Waals surface area contributed by atoms with Gasteiger partial charge < -0.3 is 9.72 Å². The van der Waals surface area contributed by atoms with E-state index in [-0.39, 0.29) is 0 Å². The van der Waals surface area contributed by atoms with E-state index in [0.29, 0.717) is 11.8 Å². The Labute approximate surface area is 117 Å². The van der Waals surface area contributed by atoms with Crippen LogP contribution in [0.25, 0.3) is 10.9 Å². The van der Waals surface area contributed by atoms with Gasteiger partial charge in [-0.2, -0.15) is 0 Å². The van der Waals surface area contributed by atoms with E-state index in [1.807, 2.05) is 24.4 Å². The largest absolute Gasteiger partial charge is 0.427 e. The van der Waals surface area contributed by atoms with Crippen LogP contribution in [0.2, 0.25) is 0 Å². The van der Waals surface area contributed by atoms with Gasteiger partial charge in [0.1, 0.15) is 5.75 Å². The van der Waals surface area contributed by atoms with Gasteiger partial charge in [0.2, 0.25) is 0 Å². The van der Waals surface area contributed by atoms with Gasteiger partial charge >= 0.3 is 6.09 Å². The molecule has 0 radical (unpaired) electrons. The van der Waals surface area contributed by atoms with Crippen molar-refractivity contribution in [2.45, 2.75) is 38.1 Å². The zero-order chi connectivity index (χ0) is 13.8. The van der Waals surface area contributed by atoms with Gasteiger partial charge in [-0.1, -0.05) is 19.3 Å². The summed E-state index contributed by atoms with van der Waals surface area (Å²) >= 11 is 0. The van der Waals surface area contributed by atoms with Crippen LogP contribution in [0.3, 0.4) is 0 Å². The highest BCUT2D eigenvalue weighted by molar-refractivity contribution is 5.81. The number of hydrogen-bond donors (Lipinski definition) is 3. The van der Waals surface area contributed by atoms with E-state index in [0.717, 1.165) is 23.7 Å². The minimum absolute atomic E-state index is 0.364. The number of fused-ring (bicyclic) bond motifs is 1. The summed E-state index contributed by atoms with van der Waals surface area (Å²) in [4.78, 5) is 14.8. The second kappa shape index (κ2) is 5.96. The normalized spacial score (nSPS) is 16.2. The molecule has 0 saturated heterocycles. The first-order valence-corrected chi connectivity index (χ1v) is 7.12. The molecule has 3 rings (SSSR count). The van der Waals surface area contributed by atoms with Crippen molar-refractivity contribution in [1.29, 1.82) is 0 Å². The number of hydrazine groups is 1. The van der Waals surface area contributed by atoms with Crippen LogP contribution in [-0.4, -0.2) is 17.1 Å². The zero-order valence-electron chi connectivity index (χ0n) is 11.3. The molecular weight excluding hydrogens is 254 g/mol. The molecule has 0 spiro atoms. The number of aromatic amines is 1. The van der Waals surface area contributed by atoms with E-state index in [4.69, 9.17) is 4.74 Å². The third kappa shape index (κ3) is 3.11. The Morgan fingerprint density at radius 3 is 2.90 bits per heavy atom. The standard InChI is InChI=1S/C15H19N3O2/c19-15(18-17-12-4-2-1-3-5-12)20-13-6-7-14-11(10-13)8-9-16-14/h6-10,12,16-17H,1-5H2,(H,18,19). The lowest BCUT2D eigenvalue weighted by Crippen LogP contribution is -2.46. The second-order valence-electron chi connectivity index (χ2n) is 5.22. The lowest BCUT2D eigenvalue weighted by Gasteiger charge is -2.22. The van der Waals surface area contributed by atoms with Gasteiger partial charge in [0.05, 0.1) is 0 Å². The number of carbonyl (C=O) groups is 1. The molecule has 5 nitrogen and oxygen atoms in total. The maximum atomic E-state index is 11.7.